The fourth-order valence-corrected chi connectivity index (χ4v) is 1.49. The van der Waals surface area contributed by atoms with Crippen molar-refractivity contribution in [3.63, 3.8) is 0 Å². The molecular weight excluding hydrogens is 223 g/mol. The van der Waals surface area contributed by atoms with Gasteiger partial charge in [-0.05, 0) is 25.8 Å². The second-order valence-corrected chi connectivity index (χ2v) is 3.83. The van der Waals surface area contributed by atoms with Gasteiger partial charge in [-0.2, -0.15) is 0 Å². The second-order valence-electron chi connectivity index (χ2n) is 3.83. The van der Waals surface area contributed by atoms with E-state index in [0.29, 0.717) is 0 Å². The van der Waals surface area contributed by atoms with Crippen LogP contribution in [0.2, 0.25) is 0 Å². The number of nitro groups is 1. The summed E-state index contributed by atoms with van der Waals surface area (Å²) in [6, 6.07) is 3.41. The van der Waals surface area contributed by atoms with Crippen LogP contribution in [0.5, 0.6) is 0 Å². The van der Waals surface area contributed by atoms with Gasteiger partial charge in [0, 0.05) is 18.2 Å². The van der Waals surface area contributed by atoms with E-state index in [2.05, 4.69) is 11.9 Å². The topological polar surface area (TPSA) is 55.2 Å². The minimum atomic E-state index is -0.526. The summed E-state index contributed by atoms with van der Waals surface area (Å²) in [5.74, 6) is -0.492. The first kappa shape index (κ1) is 13.2. The zero-order valence-corrected chi connectivity index (χ0v) is 9.65. The lowest BCUT2D eigenvalue weighted by molar-refractivity contribution is -0.384. The van der Waals surface area contributed by atoms with Crippen molar-refractivity contribution < 1.29 is 9.31 Å². The SMILES string of the molecule is C=CCCC(C)Nc1cc(F)ccc1[N+](=O)[O-]. The number of halogens is 1. The van der Waals surface area contributed by atoms with Gasteiger partial charge in [-0.1, -0.05) is 6.08 Å². The van der Waals surface area contributed by atoms with Gasteiger partial charge in [-0.15, -0.1) is 6.58 Å². The average molecular weight is 238 g/mol. The van der Waals surface area contributed by atoms with Crippen LogP contribution in [-0.2, 0) is 0 Å². The molecule has 5 heteroatoms. The van der Waals surface area contributed by atoms with E-state index in [-0.39, 0.29) is 17.4 Å². The molecule has 92 valence electrons. The Kier molecular flexibility index (Phi) is 4.63. The first-order valence-corrected chi connectivity index (χ1v) is 5.36. The lowest BCUT2D eigenvalue weighted by atomic mass is 10.1. The number of benzene rings is 1. The van der Waals surface area contributed by atoms with Crippen molar-refractivity contribution >= 4 is 11.4 Å². The second kappa shape index (κ2) is 5.98. The predicted octanol–water partition coefficient (Wildman–Crippen LogP) is 3.50. The van der Waals surface area contributed by atoms with Gasteiger partial charge in [0.1, 0.15) is 11.5 Å². The molecule has 1 N–H and O–H groups in total. The van der Waals surface area contributed by atoms with Crippen molar-refractivity contribution in [2.75, 3.05) is 5.32 Å². The van der Waals surface area contributed by atoms with Gasteiger partial charge in [0.15, 0.2) is 0 Å². The molecule has 1 unspecified atom stereocenters. The Labute approximate surface area is 99.3 Å². The molecule has 0 fully saturated rings. The van der Waals surface area contributed by atoms with Gasteiger partial charge in [0.05, 0.1) is 4.92 Å². The molecule has 17 heavy (non-hydrogen) atoms. The lowest BCUT2D eigenvalue weighted by Crippen LogP contribution is -2.15. The van der Waals surface area contributed by atoms with Crippen LogP contribution in [0.1, 0.15) is 19.8 Å². The van der Waals surface area contributed by atoms with Gasteiger partial charge in [-0.25, -0.2) is 4.39 Å². The van der Waals surface area contributed by atoms with Crippen LogP contribution >= 0.6 is 0 Å². The van der Waals surface area contributed by atoms with Crippen LogP contribution in [-0.4, -0.2) is 11.0 Å². The highest BCUT2D eigenvalue weighted by molar-refractivity contribution is 5.61. The van der Waals surface area contributed by atoms with Crippen molar-refractivity contribution in [3.05, 3.63) is 46.8 Å². The quantitative estimate of drug-likeness (QED) is 0.469. The Hall–Kier alpha value is -1.91. The molecule has 0 heterocycles. The van der Waals surface area contributed by atoms with Crippen molar-refractivity contribution in [2.45, 2.75) is 25.8 Å². The fraction of sp³-hybridized carbons (Fsp3) is 0.333. The van der Waals surface area contributed by atoms with E-state index >= 15 is 0 Å². The predicted molar refractivity (Wildman–Crippen MR) is 65.6 cm³/mol. The first-order valence-electron chi connectivity index (χ1n) is 5.36. The van der Waals surface area contributed by atoms with Crippen molar-refractivity contribution in [1.82, 2.24) is 0 Å². The molecular formula is C12H15FN2O2. The van der Waals surface area contributed by atoms with Gasteiger partial charge in [-0.3, -0.25) is 10.1 Å². The summed E-state index contributed by atoms with van der Waals surface area (Å²) < 4.78 is 13.0. The summed E-state index contributed by atoms with van der Waals surface area (Å²) in [4.78, 5) is 10.2. The minimum absolute atomic E-state index is 0.0218. The van der Waals surface area contributed by atoms with E-state index in [4.69, 9.17) is 0 Å². The maximum absolute atomic E-state index is 13.0. The van der Waals surface area contributed by atoms with E-state index in [1.54, 1.807) is 6.08 Å². The van der Waals surface area contributed by atoms with E-state index < -0.39 is 10.7 Å². The van der Waals surface area contributed by atoms with E-state index in [9.17, 15) is 14.5 Å². The molecule has 0 aromatic heterocycles. The fourth-order valence-electron chi connectivity index (χ4n) is 1.49. The molecule has 0 radical (unpaired) electrons. The van der Waals surface area contributed by atoms with Crippen LogP contribution < -0.4 is 5.32 Å². The summed E-state index contributed by atoms with van der Waals surface area (Å²) in [6.45, 7) is 5.49. The molecule has 0 spiro atoms. The summed E-state index contributed by atoms with van der Waals surface area (Å²) in [6.07, 6.45) is 3.37. The van der Waals surface area contributed by atoms with Gasteiger partial charge in [0.25, 0.3) is 5.69 Å². The molecule has 4 nitrogen and oxygen atoms in total. The highest BCUT2D eigenvalue weighted by Crippen LogP contribution is 2.26. The maximum atomic E-state index is 13.0. The van der Waals surface area contributed by atoms with Crippen LogP contribution in [0.15, 0.2) is 30.9 Å². The standard InChI is InChI=1S/C12H15FN2O2/c1-3-4-5-9(2)14-11-8-10(13)6-7-12(11)15(16)17/h3,6-9,14H,1,4-5H2,2H3. The molecule has 0 aliphatic heterocycles. The van der Waals surface area contributed by atoms with Gasteiger partial charge >= 0.3 is 0 Å². The number of nitrogens with zero attached hydrogens (tertiary/aromatic N) is 1. The minimum Gasteiger partial charge on any atom is -0.377 e. The molecule has 0 saturated heterocycles. The van der Waals surface area contributed by atoms with Crippen molar-refractivity contribution in [1.29, 1.82) is 0 Å². The molecule has 1 rings (SSSR count). The number of nitro benzene ring substituents is 1. The number of rotatable bonds is 6. The molecule has 0 bridgehead atoms. The monoisotopic (exact) mass is 238 g/mol. The largest absolute Gasteiger partial charge is 0.377 e. The Morgan fingerprint density at radius 2 is 2.35 bits per heavy atom. The number of anilines is 1. The summed E-state index contributed by atoms with van der Waals surface area (Å²) in [5, 5.41) is 13.7. The maximum Gasteiger partial charge on any atom is 0.292 e. The normalized spacial score (nSPS) is 11.9. The molecule has 0 aliphatic rings. The van der Waals surface area contributed by atoms with Crippen LogP contribution in [0.3, 0.4) is 0 Å². The molecule has 1 aromatic carbocycles. The summed E-state index contributed by atoms with van der Waals surface area (Å²) >= 11 is 0. The van der Waals surface area contributed by atoms with Crippen molar-refractivity contribution in [3.8, 4) is 0 Å². The number of hydrogen-bond donors (Lipinski definition) is 1. The number of hydrogen-bond acceptors (Lipinski definition) is 3. The lowest BCUT2D eigenvalue weighted by Gasteiger charge is -2.14. The smallest absolute Gasteiger partial charge is 0.292 e. The van der Waals surface area contributed by atoms with E-state index in [1.165, 1.54) is 0 Å². The highest BCUT2D eigenvalue weighted by Gasteiger charge is 2.15. The highest BCUT2D eigenvalue weighted by atomic mass is 19.1. The van der Waals surface area contributed by atoms with Crippen LogP contribution in [0.4, 0.5) is 15.8 Å². The molecule has 0 aliphatic carbocycles. The Balaban J connectivity index is 2.84. The Bertz CT molecular complexity index is 421. The summed E-state index contributed by atoms with van der Waals surface area (Å²) in [5.41, 5.74) is 0.100. The third kappa shape index (κ3) is 3.86. The Morgan fingerprint density at radius 3 is 2.94 bits per heavy atom. The van der Waals surface area contributed by atoms with Gasteiger partial charge in [0.2, 0.25) is 0 Å². The zero-order valence-electron chi connectivity index (χ0n) is 9.65. The average Bonchev–Trinajstić information content (AvgIpc) is 2.26. The molecule has 0 amide bonds. The van der Waals surface area contributed by atoms with Crippen molar-refractivity contribution in [2.24, 2.45) is 0 Å². The number of allylic oxidation sites excluding steroid dienone is 1. The number of nitrogens with one attached hydrogen (secondary N) is 1. The van der Waals surface area contributed by atoms with Gasteiger partial charge < -0.3 is 5.32 Å². The van der Waals surface area contributed by atoms with Crippen LogP contribution in [0.25, 0.3) is 0 Å². The van der Waals surface area contributed by atoms with Crippen LogP contribution in [0, 0.1) is 15.9 Å². The molecule has 0 saturated carbocycles. The third-order valence-electron chi connectivity index (χ3n) is 2.36. The third-order valence-corrected chi connectivity index (χ3v) is 2.36. The zero-order chi connectivity index (χ0) is 12.8. The summed E-state index contributed by atoms with van der Waals surface area (Å²) in [7, 11) is 0. The molecule has 1 atom stereocenters. The van der Waals surface area contributed by atoms with E-state index in [0.717, 1.165) is 31.0 Å². The molecule has 1 aromatic rings. The Morgan fingerprint density at radius 1 is 1.65 bits per heavy atom. The van der Waals surface area contributed by atoms with E-state index in [1.807, 2.05) is 6.92 Å². The first-order chi connectivity index (χ1) is 8.04.